The zero-order chi connectivity index (χ0) is 14.5. The summed E-state index contributed by atoms with van der Waals surface area (Å²) in [5.41, 5.74) is 5.77. The average Bonchev–Trinajstić information content (AvgIpc) is 2.48. The highest BCUT2D eigenvalue weighted by molar-refractivity contribution is 5.78. The van der Waals surface area contributed by atoms with Crippen molar-refractivity contribution in [3.63, 3.8) is 0 Å². The van der Waals surface area contributed by atoms with Gasteiger partial charge >= 0.3 is 0 Å². The fourth-order valence-corrected chi connectivity index (χ4v) is 3.76. The molecule has 2 atom stereocenters. The topological polar surface area (TPSA) is 49.6 Å². The van der Waals surface area contributed by atoms with Gasteiger partial charge in [-0.2, -0.15) is 0 Å². The first kappa shape index (κ1) is 15.8. The van der Waals surface area contributed by atoms with Gasteiger partial charge in [0.05, 0.1) is 0 Å². The van der Waals surface area contributed by atoms with Crippen molar-refractivity contribution in [2.45, 2.75) is 38.5 Å². The van der Waals surface area contributed by atoms with Crippen LogP contribution in [0.4, 0.5) is 0 Å². The van der Waals surface area contributed by atoms with Crippen molar-refractivity contribution in [2.24, 2.45) is 23.5 Å². The summed E-state index contributed by atoms with van der Waals surface area (Å²) >= 11 is 0. The molecule has 2 fully saturated rings. The SMILES string of the molecule is CN1CCC(CN(C)C(=O)C2CCCC(CN)C2)CC1. The Labute approximate surface area is 123 Å². The molecule has 2 rings (SSSR count). The largest absolute Gasteiger partial charge is 0.345 e. The highest BCUT2D eigenvalue weighted by Crippen LogP contribution is 2.30. The molecule has 0 spiro atoms. The average molecular weight is 281 g/mol. The normalized spacial score (nSPS) is 29.4. The highest BCUT2D eigenvalue weighted by atomic mass is 16.2. The smallest absolute Gasteiger partial charge is 0.225 e. The van der Waals surface area contributed by atoms with Crippen molar-refractivity contribution in [3.8, 4) is 0 Å². The summed E-state index contributed by atoms with van der Waals surface area (Å²) in [6.07, 6.45) is 6.90. The Kier molecular flexibility index (Phi) is 5.85. The van der Waals surface area contributed by atoms with Crippen molar-refractivity contribution in [3.05, 3.63) is 0 Å². The van der Waals surface area contributed by atoms with E-state index in [1.165, 1.54) is 38.8 Å². The molecule has 1 heterocycles. The number of piperidine rings is 1. The van der Waals surface area contributed by atoms with Crippen LogP contribution in [-0.4, -0.2) is 56.0 Å². The Morgan fingerprint density at radius 3 is 2.55 bits per heavy atom. The van der Waals surface area contributed by atoms with Gasteiger partial charge in [-0.3, -0.25) is 4.79 Å². The Hall–Kier alpha value is -0.610. The number of amides is 1. The molecule has 4 nitrogen and oxygen atoms in total. The predicted molar refractivity (Wildman–Crippen MR) is 82.4 cm³/mol. The van der Waals surface area contributed by atoms with Gasteiger partial charge in [-0.05, 0) is 70.6 Å². The first-order chi connectivity index (χ1) is 9.60. The number of carbonyl (C=O) groups excluding carboxylic acids is 1. The summed E-state index contributed by atoms with van der Waals surface area (Å²) in [5, 5.41) is 0. The molecule has 20 heavy (non-hydrogen) atoms. The number of hydrogen-bond acceptors (Lipinski definition) is 3. The van der Waals surface area contributed by atoms with Crippen LogP contribution >= 0.6 is 0 Å². The molecule has 1 aliphatic heterocycles. The first-order valence-electron chi connectivity index (χ1n) is 8.23. The zero-order valence-electron chi connectivity index (χ0n) is 13.2. The molecule has 2 aliphatic rings. The van der Waals surface area contributed by atoms with Crippen LogP contribution in [0.15, 0.2) is 0 Å². The van der Waals surface area contributed by atoms with Crippen LogP contribution in [0.25, 0.3) is 0 Å². The third kappa shape index (κ3) is 4.19. The fourth-order valence-electron chi connectivity index (χ4n) is 3.76. The molecule has 116 valence electrons. The second kappa shape index (κ2) is 7.41. The molecule has 2 N–H and O–H groups in total. The van der Waals surface area contributed by atoms with Gasteiger partial charge in [-0.1, -0.05) is 6.42 Å². The monoisotopic (exact) mass is 281 g/mol. The van der Waals surface area contributed by atoms with E-state index in [1.807, 2.05) is 11.9 Å². The maximum atomic E-state index is 12.6. The summed E-state index contributed by atoms with van der Waals surface area (Å²) in [6.45, 7) is 4.02. The van der Waals surface area contributed by atoms with E-state index in [9.17, 15) is 4.79 Å². The summed E-state index contributed by atoms with van der Waals surface area (Å²) < 4.78 is 0. The summed E-state index contributed by atoms with van der Waals surface area (Å²) in [6, 6.07) is 0. The molecule has 1 saturated carbocycles. The van der Waals surface area contributed by atoms with Crippen molar-refractivity contribution in [1.82, 2.24) is 9.80 Å². The van der Waals surface area contributed by atoms with Gasteiger partial charge in [-0.25, -0.2) is 0 Å². The minimum absolute atomic E-state index is 0.230. The number of carbonyl (C=O) groups is 1. The van der Waals surface area contributed by atoms with E-state index in [-0.39, 0.29) is 5.92 Å². The minimum atomic E-state index is 0.230. The van der Waals surface area contributed by atoms with Crippen LogP contribution in [0.5, 0.6) is 0 Å². The fraction of sp³-hybridized carbons (Fsp3) is 0.938. The van der Waals surface area contributed by atoms with E-state index in [0.29, 0.717) is 17.7 Å². The van der Waals surface area contributed by atoms with Crippen LogP contribution in [-0.2, 0) is 4.79 Å². The van der Waals surface area contributed by atoms with Crippen molar-refractivity contribution in [1.29, 1.82) is 0 Å². The molecule has 0 radical (unpaired) electrons. The molecule has 1 aliphatic carbocycles. The number of nitrogens with zero attached hydrogens (tertiary/aromatic N) is 2. The Balaban J connectivity index is 1.79. The van der Waals surface area contributed by atoms with Crippen molar-refractivity contribution in [2.75, 3.05) is 40.3 Å². The number of hydrogen-bond donors (Lipinski definition) is 1. The van der Waals surface area contributed by atoms with Gasteiger partial charge < -0.3 is 15.5 Å². The second-order valence-corrected chi connectivity index (χ2v) is 6.93. The van der Waals surface area contributed by atoms with Gasteiger partial charge in [0, 0.05) is 19.5 Å². The van der Waals surface area contributed by atoms with Crippen molar-refractivity contribution < 1.29 is 4.79 Å². The lowest BCUT2D eigenvalue weighted by atomic mass is 9.80. The van der Waals surface area contributed by atoms with Crippen LogP contribution in [0, 0.1) is 17.8 Å². The van der Waals surface area contributed by atoms with Crippen LogP contribution in [0.3, 0.4) is 0 Å². The Bertz CT molecular complexity index is 313. The van der Waals surface area contributed by atoms with Crippen LogP contribution < -0.4 is 5.73 Å². The van der Waals surface area contributed by atoms with Gasteiger partial charge in [0.25, 0.3) is 0 Å². The van der Waals surface area contributed by atoms with E-state index < -0.39 is 0 Å². The van der Waals surface area contributed by atoms with Gasteiger partial charge in [0.1, 0.15) is 0 Å². The van der Waals surface area contributed by atoms with Crippen LogP contribution in [0.2, 0.25) is 0 Å². The van der Waals surface area contributed by atoms with Gasteiger partial charge in [-0.15, -0.1) is 0 Å². The van der Waals surface area contributed by atoms with E-state index in [2.05, 4.69) is 11.9 Å². The van der Waals surface area contributed by atoms with Gasteiger partial charge in [0.2, 0.25) is 5.91 Å². The molecular formula is C16H31N3O. The summed E-state index contributed by atoms with van der Waals surface area (Å²) in [4.78, 5) is 17.0. The molecule has 0 aromatic rings. The molecule has 4 heteroatoms. The number of likely N-dealkylation sites (tertiary alicyclic amines) is 1. The third-order valence-electron chi connectivity index (χ3n) is 5.21. The molecular weight excluding hydrogens is 250 g/mol. The third-order valence-corrected chi connectivity index (χ3v) is 5.21. The molecule has 0 aromatic carbocycles. The predicted octanol–water partition coefficient (Wildman–Crippen LogP) is 1.55. The lowest BCUT2D eigenvalue weighted by Gasteiger charge is -2.34. The van der Waals surface area contributed by atoms with E-state index in [1.54, 1.807) is 0 Å². The Morgan fingerprint density at radius 1 is 1.20 bits per heavy atom. The first-order valence-corrected chi connectivity index (χ1v) is 8.23. The van der Waals surface area contributed by atoms with E-state index >= 15 is 0 Å². The molecule has 2 unspecified atom stereocenters. The van der Waals surface area contributed by atoms with Gasteiger partial charge in [0.15, 0.2) is 0 Å². The molecule has 0 aromatic heterocycles. The van der Waals surface area contributed by atoms with Crippen LogP contribution in [0.1, 0.15) is 38.5 Å². The molecule has 1 saturated heterocycles. The van der Waals surface area contributed by atoms with E-state index in [0.717, 1.165) is 25.9 Å². The maximum Gasteiger partial charge on any atom is 0.225 e. The minimum Gasteiger partial charge on any atom is -0.345 e. The number of nitrogens with two attached hydrogens (primary N) is 1. The Morgan fingerprint density at radius 2 is 1.90 bits per heavy atom. The maximum absolute atomic E-state index is 12.6. The standard InChI is InChI=1S/C16H31N3O/c1-18-8-6-13(7-9-18)12-19(2)16(20)15-5-3-4-14(10-15)11-17/h13-15H,3-12,17H2,1-2H3. The zero-order valence-corrected chi connectivity index (χ0v) is 13.2. The quantitative estimate of drug-likeness (QED) is 0.850. The van der Waals surface area contributed by atoms with Crippen molar-refractivity contribution >= 4 is 5.91 Å². The van der Waals surface area contributed by atoms with E-state index in [4.69, 9.17) is 5.73 Å². The highest BCUT2D eigenvalue weighted by Gasteiger charge is 2.29. The number of rotatable bonds is 4. The second-order valence-electron chi connectivity index (χ2n) is 6.93. The molecule has 0 bridgehead atoms. The summed E-state index contributed by atoms with van der Waals surface area (Å²) in [5.74, 6) is 1.85. The lowest BCUT2D eigenvalue weighted by Crippen LogP contribution is -2.41. The summed E-state index contributed by atoms with van der Waals surface area (Å²) in [7, 11) is 4.17. The molecule has 1 amide bonds. The lowest BCUT2D eigenvalue weighted by molar-refractivity contribution is -0.136.